The van der Waals surface area contributed by atoms with Crippen LogP contribution in [0.25, 0.3) is 0 Å². The predicted molar refractivity (Wildman–Crippen MR) is 74.7 cm³/mol. The summed E-state index contributed by atoms with van der Waals surface area (Å²) in [6.07, 6.45) is 10.0. The van der Waals surface area contributed by atoms with Crippen LogP contribution in [-0.4, -0.2) is 5.97 Å². The predicted octanol–water partition coefficient (Wildman–Crippen LogP) is 3.99. The summed E-state index contributed by atoms with van der Waals surface area (Å²) in [6.45, 7) is 3.25. The number of nitrogens with zero attached hydrogens (tertiary/aromatic N) is 1. The van der Waals surface area contributed by atoms with Crippen LogP contribution in [0.2, 0.25) is 0 Å². The van der Waals surface area contributed by atoms with Crippen LogP contribution in [0, 0.1) is 11.3 Å². The van der Waals surface area contributed by atoms with E-state index >= 15 is 0 Å². The molecule has 3 heteroatoms. The van der Waals surface area contributed by atoms with Gasteiger partial charge in [0.25, 0.3) is 0 Å². The van der Waals surface area contributed by atoms with Crippen molar-refractivity contribution < 1.29 is 9.53 Å². The van der Waals surface area contributed by atoms with Gasteiger partial charge in [0.2, 0.25) is 0 Å². The van der Waals surface area contributed by atoms with E-state index in [1.54, 1.807) is 24.3 Å². The smallest absolute Gasteiger partial charge is 0.335 e. The second-order valence-electron chi connectivity index (χ2n) is 4.35. The van der Waals surface area contributed by atoms with E-state index in [4.69, 9.17) is 10.00 Å². The van der Waals surface area contributed by atoms with Gasteiger partial charge < -0.3 is 4.74 Å². The van der Waals surface area contributed by atoms with E-state index in [1.807, 2.05) is 6.07 Å². The summed E-state index contributed by atoms with van der Waals surface area (Å²) in [6, 6.07) is 8.43. The van der Waals surface area contributed by atoms with Gasteiger partial charge >= 0.3 is 5.97 Å². The number of hydrogen-bond donors (Lipinski definition) is 0. The molecule has 100 valence electrons. The molecule has 0 radical (unpaired) electrons. The third kappa shape index (κ3) is 5.87. The Morgan fingerprint density at radius 1 is 1.16 bits per heavy atom. The second kappa shape index (κ2) is 8.93. The van der Waals surface area contributed by atoms with Gasteiger partial charge in [-0.05, 0) is 12.1 Å². The third-order valence-electron chi connectivity index (χ3n) is 2.88. The molecule has 3 nitrogen and oxygen atoms in total. The van der Waals surface area contributed by atoms with Gasteiger partial charge in [-0.3, -0.25) is 0 Å². The van der Waals surface area contributed by atoms with Crippen molar-refractivity contribution in [2.24, 2.45) is 0 Å². The molecular formula is C16H19NO2. The molecule has 0 bridgehead atoms. The lowest BCUT2D eigenvalue weighted by Crippen LogP contribution is -2.04. The lowest BCUT2D eigenvalue weighted by atomic mass is 10.0. The van der Waals surface area contributed by atoms with Crippen LogP contribution in [0.1, 0.15) is 44.1 Å². The average molecular weight is 257 g/mol. The van der Waals surface area contributed by atoms with E-state index in [-0.39, 0.29) is 5.75 Å². The zero-order valence-electron chi connectivity index (χ0n) is 11.1. The van der Waals surface area contributed by atoms with Gasteiger partial charge in [-0.1, -0.05) is 57.2 Å². The Morgan fingerprint density at radius 2 is 1.68 bits per heavy atom. The molecular weight excluding hydrogens is 238 g/mol. The van der Waals surface area contributed by atoms with Crippen molar-refractivity contribution in [2.75, 3.05) is 0 Å². The lowest BCUT2D eigenvalue weighted by Gasteiger charge is -2.05. The minimum Gasteiger partial charge on any atom is -0.422 e. The fourth-order valence-corrected chi connectivity index (χ4v) is 1.86. The second-order valence-corrected chi connectivity index (χ2v) is 4.35. The molecule has 0 aromatic heterocycles. The highest BCUT2D eigenvalue weighted by Crippen LogP contribution is 2.16. The third-order valence-corrected chi connectivity index (χ3v) is 2.88. The first-order valence-electron chi connectivity index (χ1n) is 6.61. The fraction of sp³-hybridized carbons (Fsp3) is 0.375. The van der Waals surface area contributed by atoms with E-state index in [0.29, 0.717) is 5.56 Å². The van der Waals surface area contributed by atoms with Crippen LogP contribution in [0.15, 0.2) is 36.9 Å². The molecule has 0 spiro atoms. The number of nitriles is 1. The number of rotatable bonds is 2. The number of benzene rings is 1. The molecule has 1 aliphatic rings. The van der Waals surface area contributed by atoms with Crippen LogP contribution >= 0.6 is 0 Å². The molecule has 0 heterocycles. The van der Waals surface area contributed by atoms with E-state index in [9.17, 15) is 4.79 Å². The minimum atomic E-state index is -0.567. The van der Waals surface area contributed by atoms with Crippen molar-refractivity contribution in [1.29, 1.82) is 5.26 Å². The zero-order valence-corrected chi connectivity index (χ0v) is 11.1. The van der Waals surface area contributed by atoms with Gasteiger partial charge in [-0.15, -0.1) is 0 Å². The van der Waals surface area contributed by atoms with Gasteiger partial charge in [0.15, 0.2) is 0 Å². The summed E-state index contributed by atoms with van der Waals surface area (Å²) in [5.41, 5.74) is 0.331. The fourth-order valence-electron chi connectivity index (χ4n) is 1.86. The van der Waals surface area contributed by atoms with E-state index in [2.05, 4.69) is 6.58 Å². The molecule has 0 aliphatic heterocycles. The molecule has 0 atom stereocenters. The summed E-state index contributed by atoms with van der Waals surface area (Å²) >= 11 is 0. The largest absolute Gasteiger partial charge is 0.422 e. The number of para-hydroxylation sites is 1. The summed E-state index contributed by atoms with van der Waals surface area (Å²) in [4.78, 5) is 10.8. The molecule has 0 unspecified atom stereocenters. The average Bonchev–Trinajstić information content (AvgIpc) is 2.50. The number of hydrogen-bond acceptors (Lipinski definition) is 3. The van der Waals surface area contributed by atoms with Crippen molar-refractivity contribution in [1.82, 2.24) is 0 Å². The van der Waals surface area contributed by atoms with Crippen LogP contribution in [0.4, 0.5) is 0 Å². The van der Waals surface area contributed by atoms with Gasteiger partial charge in [0, 0.05) is 6.08 Å². The summed E-state index contributed by atoms with van der Waals surface area (Å²) < 4.78 is 4.81. The minimum absolute atomic E-state index is 0.259. The monoisotopic (exact) mass is 257 g/mol. The van der Waals surface area contributed by atoms with Gasteiger partial charge in [0.1, 0.15) is 11.8 Å². The van der Waals surface area contributed by atoms with Crippen LogP contribution in [-0.2, 0) is 4.79 Å². The van der Waals surface area contributed by atoms with E-state index in [1.165, 1.54) is 38.5 Å². The molecule has 19 heavy (non-hydrogen) atoms. The van der Waals surface area contributed by atoms with Gasteiger partial charge in [-0.25, -0.2) is 4.79 Å². The Morgan fingerprint density at radius 3 is 2.16 bits per heavy atom. The van der Waals surface area contributed by atoms with Gasteiger partial charge in [-0.2, -0.15) is 5.26 Å². The standard InChI is InChI=1S/C10H7NO2.C6H12/c1-2-10(12)13-9-6-4-3-5-8(9)7-11;1-2-4-6-5-3-1/h2-6H,1H2;1-6H2. The Labute approximate surface area is 114 Å². The van der Waals surface area contributed by atoms with Crippen LogP contribution in [0.3, 0.4) is 0 Å². The molecule has 1 fully saturated rings. The first-order valence-corrected chi connectivity index (χ1v) is 6.61. The number of ether oxygens (including phenoxy) is 1. The molecule has 0 amide bonds. The van der Waals surface area contributed by atoms with Crippen molar-refractivity contribution in [3.63, 3.8) is 0 Å². The Bertz CT molecular complexity index is 445. The molecule has 0 N–H and O–H groups in total. The topological polar surface area (TPSA) is 50.1 Å². The molecule has 1 aromatic rings. The van der Waals surface area contributed by atoms with E-state index in [0.717, 1.165) is 6.08 Å². The SMILES string of the molecule is C1CCCCC1.C=CC(=O)Oc1ccccc1C#N. The Hall–Kier alpha value is -2.08. The van der Waals surface area contributed by atoms with Gasteiger partial charge in [0.05, 0.1) is 5.56 Å². The molecule has 1 aromatic carbocycles. The van der Waals surface area contributed by atoms with Crippen LogP contribution in [0.5, 0.6) is 5.75 Å². The van der Waals surface area contributed by atoms with Crippen LogP contribution < -0.4 is 4.74 Å². The highest BCUT2D eigenvalue weighted by Gasteiger charge is 2.04. The first kappa shape index (κ1) is 15.0. The van der Waals surface area contributed by atoms with Crippen molar-refractivity contribution >= 4 is 5.97 Å². The van der Waals surface area contributed by atoms with E-state index < -0.39 is 5.97 Å². The summed E-state index contributed by atoms with van der Waals surface area (Å²) in [5.74, 6) is -0.308. The molecule has 1 saturated carbocycles. The molecule has 1 aliphatic carbocycles. The maximum Gasteiger partial charge on any atom is 0.335 e. The Balaban J connectivity index is 0.000000250. The zero-order chi connectivity index (χ0) is 13.9. The normalized spacial score (nSPS) is 13.4. The summed E-state index contributed by atoms with van der Waals surface area (Å²) in [7, 11) is 0. The summed E-state index contributed by atoms with van der Waals surface area (Å²) in [5, 5.41) is 8.64. The highest BCUT2D eigenvalue weighted by atomic mass is 16.5. The number of carbonyl (C=O) groups excluding carboxylic acids is 1. The maximum atomic E-state index is 10.8. The molecule has 0 saturated heterocycles. The first-order chi connectivity index (χ1) is 9.27. The quantitative estimate of drug-likeness (QED) is 0.457. The van der Waals surface area contributed by atoms with Crippen molar-refractivity contribution in [3.8, 4) is 11.8 Å². The van der Waals surface area contributed by atoms with Crippen molar-refractivity contribution in [2.45, 2.75) is 38.5 Å². The highest BCUT2D eigenvalue weighted by molar-refractivity contribution is 5.83. The number of esters is 1. The number of carbonyl (C=O) groups is 1. The maximum absolute atomic E-state index is 10.8. The molecule has 2 rings (SSSR count). The van der Waals surface area contributed by atoms with Crippen molar-refractivity contribution in [3.05, 3.63) is 42.5 Å². The Kier molecular flexibility index (Phi) is 7.04. The lowest BCUT2D eigenvalue weighted by molar-refractivity contribution is -0.128.